The first kappa shape index (κ1) is 41.6. The first-order chi connectivity index (χ1) is 22.1. The van der Waals surface area contributed by atoms with E-state index in [2.05, 4.69) is 38.8 Å². The van der Waals surface area contributed by atoms with Gasteiger partial charge in [0.05, 0.1) is 13.1 Å². The lowest BCUT2D eigenvalue weighted by Gasteiger charge is -2.40. The number of rotatable bonds is 18. The van der Waals surface area contributed by atoms with E-state index >= 15 is 17.6 Å². The molecule has 3 aromatic rings. The summed E-state index contributed by atoms with van der Waals surface area (Å²) < 4.78 is 183. The zero-order valence-corrected chi connectivity index (χ0v) is 30.6. The van der Waals surface area contributed by atoms with Gasteiger partial charge in [0, 0.05) is 19.5 Å². The summed E-state index contributed by atoms with van der Waals surface area (Å²) in [6.45, 7) is 2.08. The zero-order chi connectivity index (χ0) is 36.3. The highest BCUT2D eigenvalue weighted by Gasteiger charge is 2.91. The van der Waals surface area contributed by atoms with Crippen molar-refractivity contribution in [2.75, 3.05) is 0 Å². The van der Waals surface area contributed by atoms with Crippen LogP contribution in [-0.2, 0) is 12.3 Å². The molecule has 272 valence electrons. The second-order valence-corrected chi connectivity index (χ2v) is 17.0. The van der Waals surface area contributed by atoms with Crippen LogP contribution in [0, 0.1) is 0 Å². The van der Waals surface area contributed by atoms with Gasteiger partial charge in [0.15, 0.2) is 0 Å². The quantitative estimate of drug-likeness (QED) is 0.0882. The molecule has 3 heterocycles. The molecule has 48 heavy (non-hydrogen) atoms. The van der Waals surface area contributed by atoms with Crippen molar-refractivity contribution >= 4 is 65.9 Å². The van der Waals surface area contributed by atoms with Crippen LogP contribution >= 0.6 is 65.9 Å². The molecular weight excluding hydrogens is 863 g/mol. The molecule has 0 amide bonds. The van der Waals surface area contributed by atoms with Gasteiger partial charge >= 0.3 is 35.8 Å². The third kappa shape index (κ3) is 8.11. The number of thiophene rings is 3. The van der Waals surface area contributed by atoms with Crippen molar-refractivity contribution in [1.29, 1.82) is 0 Å². The Bertz CT molecular complexity index is 1490. The summed E-state index contributed by atoms with van der Waals surface area (Å²) >= 11 is 8.71. The van der Waals surface area contributed by atoms with E-state index in [-0.39, 0.29) is 16.2 Å². The Morgan fingerprint density at radius 1 is 0.521 bits per heavy atom. The van der Waals surface area contributed by atoms with Gasteiger partial charge in [-0.25, -0.2) is 0 Å². The number of alkyl halides is 13. The van der Waals surface area contributed by atoms with Gasteiger partial charge in [-0.05, 0) is 74.5 Å². The Hall–Kier alpha value is -0.850. The number of hydrogen-bond acceptors (Lipinski definition) is 3. The van der Waals surface area contributed by atoms with Gasteiger partial charge in [-0.15, -0.1) is 34.0 Å². The maximum absolute atomic E-state index is 15.7. The molecule has 0 atom stereocenters. The van der Waals surface area contributed by atoms with Crippen LogP contribution in [0.4, 0.5) is 57.1 Å². The molecule has 0 saturated heterocycles. The molecule has 0 aliphatic heterocycles. The maximum atomic E-state index is 15.7. The minimum atomic E-state index is -7.95. The summed E-state index contributed by atoms with van der Waals surface area (Å²) in [6.07, 6.45) is 0.141. The average Bonchev–Trinajstić information content (AvgIpc) is 3.71. The third-order valence-corrected chi connectivity index (χ3v) is 12.6. The van der Waals surface area contributed by atoms with E-state index in [0.29, 0.717) is 29.1 Å². The van der Waals surface area contributed by atoms with Crippen molar-refractivity contribution in [3.63, 3.8) is 0 Å². The lowest BCUT2D eigenvalue weighted by atomic mass is 9.88. The van der Waals surface area contributed by atoms with Crippen molar-refractivity contribution in [1.82, 2.24) is 0 Å². The fourth-order valence-electron chi connectivity index (χ4n) is 4.94. The van der Waals surface area contributed by atoms with E-state index in [9.17, 15) is 39.5 Å². The smallest absolute Gasteiger partial charge is 0.194 e. The third-order valence-electron chi connectivity index (χ3n) is 7.64. The van der Waals surface area contributed by atoms with Crippen molar-refractivity contribution in [3.8, 4) is 19.5 Å². The van der Waals surface area contributed by atoms with E-state index in [4.69, 9.17) is 0 Å². The van der Waals surface area contributed by atoms with Gasteiger partial charge in [0.2, 0.25) is 0 Å². The Balaban J connectivity index is 2.01. The number of halogens is 15. The minimum absolute atomic E-state index is 0.0788. The van der Waals surface area contributed by atoms with E-state index in [1.54, 1.807) is 18.2 Å². The molecule has 0 spiro atoms. The van der Waals surface area contributed by atoms with Gasteiger partial charge in [-0.2, -0.15) is 57.1 Å². The molecule has 0 saturated carbocycles. The fourth-order valence-corrected chi connectivity index (χ4v) is 9.64. The van der Waals surface area contributed by atoms with Crippen LogP contribution in [-0.4, -0.2) is 29.9 Å². The fraction of sp³-hybridized carbons (Fsp3) is 0.600. The Morgan fingerprint density at radius 3 is 1.48 bits per heavy atom. The molecule has 0 bridgehead atoms. The van der Waals surface area contributed by atoms with Gasteiger partial charge in [0.1, 0.15) is 0 Å². The van der Waals surface area contributed by atoms with E-state index in [0.717, 1.165) is 64.9 Å². The van der Waals surface area contributed by atoms with Gasteiger partial charge in [0.25, 0.3) is 0 Å². The van der Waals surface area contributed by atoms with Crippen molar-refractivity contribution in [2.45, 2.75) is 113 Å². The number of hydrogen-bond donors (Lipinski definition) is 0. The van der Waals surface area contributed by atoms with Crippen LogP contribution in [0.3, 0.4) is 0 Å². The molecule has 0 aliphatic rings. The van der Waals surface area contributed by atoms with E-state index < -0.39 is 57.1 Å². The molecule has 0 fully saturated rings. The largest absolute Gasteiger partial charge is 0.460 e. The first-order valence-electron chi connectivity index (χ1n) is 14.7. The van der Waals surface area contributed by atoms with Crippen molar-refractivity contribution in [2.24, 2.45) is 0 Å². The van der Waals surface area contributed by atoms with Gasteiger partial charge in [-0.1, -0.05) is 64.7 Å². The SMILES string of the molecule is CCCCCCCCCCCCc1c(-c2ccc(-c3ccc(Br)s3)s2)sc(Br)c1C(F)(F)C(F)(F)C(F)(F)C(F)(F)C(F)(F)C(F)(F)F. The summed E-state index contributed by atoms with van der Waals surface area (Å²) in [7, 11) is 0. The molecule has 3 aromatic heterocycles. The minimum Gasteiger partial charge on any atom is -0.194 e. The van der Waals surface area contributed by atoms with Crippen LogP contribution in [0.1, 0.15) is 82.3 Å². The summed E-state index contributed by atoms with van der Waals surface area (Å²) in [5.74, 6) is -37.3. The Morgan fingerprint density at radius 2 is 0.979 bits per heavy atom. The number of unbranched alkanes of at least 4 members (excludes halogenated alkanes) is 9. The summed E-state index contributed by atoms with van der Waals surface area (Å²) in [6, 6.07) is 6.52. The standard InChI is InChI=1S/C30H29Br2F13S3/c1-2-3-4-5-6-7-8-9-10-11-12-17-22(24(32)48-23(17)20-14-13-18(46-20)19-15-16-21(31)47-19)25(33,34)26(35,36)27(37,38)28(39,40)29(41,42)30(43,44)45/h13-16H,2-12H2,1H3. The highest BCUT2D eigenvalue weighted by atomic mass is 79.9. The molecule has 0 nitrogen and oxygen atoms in total. The molecule has 0 aromatic carbocycles. The molecule has 0 N–H and O–H groups in total. The molecule has 0 radical (unpaired) electrons. The second-order valence-electron chi connectivity index (χ2n) is 11.1. The van der Waals surface area contributed by atoms with Crippen LogP contribution in [0.5, 0.6) is 0 Å². The molecule has 3 rings (SSSR count). The van der Waals surface area contributed by atoms with Gasteiger partial charge in [-0.3, -0.25) is 0 Å². The van der Waals surface area contributed by atoms with Crippen molar-refractivity contribution in [3.05, 3.63) is 43.0 Å². The normalized spacial score (nSPS) is 13.9. The highest BCUT2D eigenvalue weighted by Crippen LogP contribution is 2.64. The monoisotopic (exact) mass is 890 g/mol. The summed E-state index contributed by atoms with van der Waals surface area (Å²) in [4.78, 5) is 1.49. The van der Waals surface area contributed by atoms with Gasteiger partial charge < -0.3 is 0 Å². The molecule has 0 unspecified atom stereocenters. The molecule has 0 aliphatic carbocycles. The van der Waals surface area contributed by atoms with Crippen LogP contribution in [0.15, 0.2) is 31.8 Å². The lowest BCUT2D eigenvalue weighted by molar-refractivity contribution is -0.441. The first-order valence-corrected chi connectivity index (χ1v) is 18.7. The van der Waals surface area contributed by atoms with Crippen molar-refractivity contribution < 1.29 is 57.1 Å². The zero-order valence-electron chi connectivity index (χ0n) is 25.0. The molecular formula is C30H29Br2F13S3. The predicted octanol–water partition coefficient (Wildman–Crippen LogP) is 15.4. The van der Waals surface area contributed by atoms with Crippen LogP contribution in [0.2, 0.25) is 0 Å². The Kier molecular flexibility index (Phi) is 13.7. The Labute approximate surface area is 297 Å². The van der Waals surface area contributed by atoms with Crippen LogP contribution in [0.25, 0.3) is 19.5 Å². The topological polar surface area (TPSA) is 0 Å². The van der Waals surface area contributed by atoms with E-state index in [1.165, 1.54) is 17.4 Å². The average molecular weight is 893 g/mol. The summed E-state index contributed by atoms with van der Waals surface area (Å²) in [5.41, 5.74) is -2.50. The lowest BCUT2D eigenvalue weighted by Crippen LogP contribution is -2.69. The highest BCUT2D eigenvalue weighted by molar-refractivity contribution is 9.11. The van der Waals surface area contributed by atoms with Crippen LogP contribution < -0.4 is 0 Å². The second kappa shape index (κ2) is 15.8. The maximum Gasteiger partial charge on any atom is 0.460 e. The van der Waals surface area contributed by atoms with E-state index in [1.807, 2.05) is 0 Å². The molecule has 18 heteroatoms. The predicted molar refractivity (Wildman–Crippen MR) is 172 cm³/mol. The summed E-state index contributed by atoms with van der Waals surface area (Å²) in [5, 5.41) is 0.